The normalized spacial score (nSPS) is 18.8. The zero-order valence-electron chi connectivity index (χ0n) is 12.9. The smallest absolute Gasteiger partial charge is 0.138 e. The molecule has 0 bridgehead atoms. The van der Waals surface area contributed by atoms with Crippen LogP contribution in [0.1, 0.15) is 45.7 Å². The Labute approximate surface area is 129 Å². The van der Waals surface area contributed by atoms with Gasteiger partial charge in [-0.25, -0.2) is 0 Å². The lowest BCUT2D eigenvalue weighted by molar-refractivity contribution is 0.114. The summed E-state index contributed by atoms with van der Waals surface area (Å²) >= 11 is 1.87. The molecule has 114 valence electrons. The Bertz CT molecular complexity index is 580. The molecule has 2 aromatic heterocycles. The van der Waals surface area contributed by atoms with E-state index in [0.717, 1.165) is 37.6 Å². The van der Waals surface area contributed by atoms with Crippen LogP contribution in [0.25, 0.3) is 0 Å². The maximum atomic E-state index is 5.75. The maximum absolute atomic E-state index is 5.75. The Hall–Kier alpha value is -1.17. The molecule has 0 radical (unpaired) electrons. The number of rotatable bonds is 5. The maximum Gasteiger partial charge on any atom is 0.138 e. The molecule has 1 fully saturated rings. The third kappa shape index (κ3) is 3.36. The van der Waals surface area contributed by atoms with Crippen molar-refractivity contribution in [1.29, 1.82) is 0 Å². The number of aryl methyl sites for hydroxylation is 2. The molecule has 0 aromatic carbocycles. The number of thiophene rings is 1. The second-order valence-corrected chi connectivity index (χ2v) is 6.98. The molecule has 3 rings (SSSR count). The molecule has 0 spiro atoms. The van der Waals surface area contributed by atoms with Gasteiger partial charge in [-0.3, -0.25) is 4.90 Å². The van der Waals surface area contributed by atoms with Gasteiger partial charge >= 0.3 is 0 Å². The summed E-state index contributed by atoms with van der Waals surface area (Å²) in [7, 11) is 2.14. The van der Waals surface area contributed by atoms with Crippen molar-refractivity contribution in [2.75, 3.05) is 13.7 Å². The summed E-state index contributed by atoms with van der Waals surface area (Å²) in [5.74, 6) is 0.922. The minimum Gasteiger partial charge on any atom is -0.373 e. The molecule has 0 amide bonds. The molecule has 0 N–H and O–H groups in total. The summed E-state index contributed by atoms with van der Waals surface area (Å²) < 4.78 is 11.0. The molecule has 1 aliphatic rings. The van der Waals surface area contributed by atoms with Crippen molar-refractivity contribution in [2.45, 2.75) is 45.9 Å². The SMILES string of the molecule is Cc1noc(C)c1CN(C)Cc1ccc([C@H]2CCCO2)s1. The van der Waals surface area contributed by atoms with Crippen LogP contribution in [-0.2, 0) is 17.8 Å². The fourth-order valence-electron chi connectivity index (χ4n) is 2.77. The Kier molecular flexibility index (Phi) is 4.42. The number of hydrogen-bond acceptors (Lipinski definition) is 5. The van der Waals surface area contributed by atoms with Crippen molar-refractivity contribution in [2.24, 2.45) is 0 Å². The highest BCUT2D eigenvalue weighted by Crippen LogP contribution is 2.33. The molecule has 0 saturated carbocycles. The summed E-state index contributed by atoms with van der Waals surface area (Å²) in [4.78, 5) is 5.06. The number of ether oxygens (including phenoxy) is 1. The quantitative estimate of drug-likeness (QED) is 0.841. The standard InChI is InChI=1S/C16H22N2O2S/c1-11-14(12(2)20-17-11)10-18(3)9-13-6-7-16(21-13)15-5-4-8-19-15/h6-7,15H,4-5,8-10H2,1-3H3/t15-/m1/s1. The van der Waals surface area contributed by atoms with Gasteiger partial charge in [-0.15, -0.1) is 11.3 Å². The Morgan fingerprint density at radius 3 is 2.86 bits per heavy atom. The molecule has 1 atom stereocenters. The van der Waals surface area contributed by atoms with E-state index in [1.54, 1.807) is 0 Å². The average Bonchev–Trinajstić information content (AvgIpc) is 3.16. The number of hydrogen-bond donors (Lipinski definition) is 0. The minimum absolute atomic E-state index is 0.330. The Morgan fingerprint density at radius 1 is 1.33 bits per heavy atom. The van der Waals surface area contributed by atoms with Gasteiger partial charge in [0.25, 0.3) is 0 Å². The van der Waals surface area contributed by atoms with Crippen LogP contribution in [0.4, 0.5) is 0 Å². The lowest BCUT2D eigenvalue weighted by atomic mass is 10.2. The lowest BCUT2D eigenvalue weighted by Crippen LogP contribution is -2.17. The Morgan fingerprint density at radius 2 is 2.19 bits per heavy atom. The van der Waals surface area contributed by atoms with E-state index in [4.69, 9.17) is 9.26 Å². The minimum atomic E-state index is 0.330. The summed E-state index contributed by atoms with van der Waals surface area (Å²) in [5.41, 5.74) is 2.19. The van der Waals surface area contributed by atoms with E-state index in [1.807, 2.05) is 25.2 Å². The van der Waals surface area contributed by atoms with Gasteiger partial charge in [-0.2, -0.15) is 0 Å². The van der Waals surface area contributed by atoms with E-state index in [0.29, 0.717) is 6.10 Å². The van der Waals surface area contributed by atoms with E-state index in [2.05, 4.69) is 29.2 Å². The van der Waals surface area contributed by atoms with E-state index in [9.17, 15) is 0 Å². The first-order chi connectivity index (χ1) is 10.1. The first kappa shape index (κ1) is 14.8. The monoisotopic (exact) mass is 306 g/mol. The van der Waals surface area contributed by atoms with Crippen molar-refractivity contribution in [3.8, 4) is 0 Å². The van der Waals surface area contributed by atoms with Crippen molar-refractivity contribution >= 4 is 11.3 Å². The van der Waals surface area contributed by atoms with Gasteiger partial charge < -0.3 is 9.26 Å². The van der Waals surface area contributed by atoms with Crippen LogP contribution in [0, 0.1) is 13.8 Å². The van der Waals surface area contributed by atoms with Crippen molar-refractivity contribution in [3.05, 3.63) is 38.9 Å². The van der Waals surface area contributed by atoms with Crippen LogP contribution < -0.4 is 0 Å². The van der Waals surface area contributed by atoms with Gasteiger partial charge in [-0.1, -0.05) is 5.16 Å². The lowest BCUT2D eigenvalue weighted by Gasteiger charge is -2.15. The second kappa shape index (κ2) is 6.30. The molecule has 3 heterocycles. The van der Waals surface area contributed by atoms with Gasteiger partial charge in [0.05, 0.1) is 11.8 Å². The first-order valence-electron chi connectivity index (χ1n) is 7.44. The van der Waals surface area contributed by atoms with Crippen LogP contribution in [0.2, 0.25) is 0 Å². The fraction of sp³-hybridized carbons (Fsp3) is 0.562. The highest BCUT2D eigenvalue weighted by Gasteiger charge is 2.20. The van der Waals surface area contributed by atoms with E-state index < -0.39 is 0 Å². The highest BCUT2D eigenvalue weighted by atomic mass is 32.1. The van der Waals surface area contributed by atoms with Crippen LogP contribution in [0.5, 0.6) is 0 Å². The van der Waals surface area contributed by atoms with E-state index >= 15 is 0 Å². The van der Waals surface area contributed by atoms with Crippen molar-refractivity contribution in [3.63, 3.8) is 0 Å². The second-order valence-electron chi connectivity index (χ2n) is 5.78. The highest BCUT2D eigenvalue weighted by molar-refractivity contribution is 7.12. The summed E-state index contributed by atoms with van der Waals surface area (Å²) in [6, 6.07) is 4.45. The number of aromatic nitrogens is 1. The van der Waals surface area contributed by atoms with Gasteiger partial charge in [0, 0.05) is 35.0 Å². The summed E-state index contributed by atoms with van der Waals surface area (Å²) in [6.07, 6.45) is 2.68. The molecule has 1 saturated heterocycles. The van der Waals surface area contributed by atoms with Crippen LogP contribution in [-0.4, -0.2) is 23.7 Å². The molecule has 4 nitrogen and oxygen atoms in total. The molecule has 0 aliphatic carbocycles. The van der Waals surface area contributed by atoms with Crippen molar-refractivity contribution in [1.82, 2.24) is 10.1 Å². The molecule has 21 heavy (non-hydrogen) atoms. The first-order valence-corrected chi connectivity index (χ1v) is 8.25. The predicted octanol–water partition coefficient (Wildman–Crippen LogP) is 3.84. The molecule has 5 heteroatoms. The molecule has 1 aliphatic heterocycles. The zero-order chi connectivity index (χ0) is 14.8. The predicted molar refractivity (Wildman–Crippen MR) is 83.4 cm³/mol. The molecular weight excluding hydrogens is 284 g/mol. The third-order valence-corrected chi connectivity index (χ3v) is 5.13. The van der Waals surface area contributed by atoms with Gasteiger partial charge in [0.2, 0.25) is 0 Å². The van der Waals surface area contributed by atoms with Gasteiger partial charge in [0.15, 0.2) is 0 Å². The fourth-order valence-corrected chi connectivity index (χ4v) is 3.95. The Balaban J connectivity index is 1.61. The topological polar surface area (TPSA) is 38.5 Å². The van der Waals surface area contributed by atoms with Crippen LogP contribution in [0.3, 0.4) is 0 Å². The van der Waals surface area contributed by atoms with Crippen LogP contribution in [0.15, 0.2) is 16.7 Å². The third-order valence-electron chi connectivity index (χ3n) is 3.96. The average molecular weight is 306 g/mol. The number of nitrogens with zero attached hydrogens (tertiary/aromatic N) is 2. The van der Waals surface area contributed by atoms with Gasteiger partial charge in [0.1, 0.15) is 5.76 Å². The molecule has 0 unspecified atom stereocenters. The summed E-state index contributed by atoms with van der Waals surface area (Å²) in [5, 5.41) is 4.02. The largest absolute Gasteiger partial charge is 0.373 e. The molecular formula is C16H22N2O2S. The van der Waals surface area contributed by atoms with Crippen molar-refractivity contribution < 1.29 is 9.26 Å². The van der Waals surface area contributed by atoms with Gasteiger partial charge in [-0.05, 0) is 45.9 Å². The zero-order valence-corrected chi connectivity index (χ0v) is 13.7. The van der Waals surface area contributed by atoms with E-state index in [-0.39, 0.29) is 0 Å². The molecule has 2 aromatic rings. The summed E-state index contributed by atoms with van der Waals surface area (Å²) in [6.45, 7) is 6.70. The van der Waals surface area contributed by atoms with E-state index in [1.165, 1.54) is 21.7 Å². The van der Waals surface area contributed by atoms with Crippen LogP contribution >= 0.6 is 11.3 Å².